The number of hydrogen-bond acceptors (Lipinski definition) is 5. The number of hydrogen-bond donors (Lipinski definition) is 0. The minimum atomic E-state index is -0.0629. The third kappa shape index (κ3) is 3.44. The van der Waals surface area contributed by atoms with Crippen LogP contribution in [0.5, 0.6) is 5.75 Å². The van der Waals surface area contributed by atoms with Gasteiger partial charge in [0.25, 0.3) is 0 Å². The number of aryl methyl sites for hydroxylation is 1. The quantitative estimate of drug-likeness (QED) is 0.786. The van der Waals surface area contributed by atoms with E-state index in [0.29, 0.717) is 24.7 Å². The average molecular weight is 284 g/mol. The number of aromatic nitrogens is 2. The maximum Gasteiger partial charge on any atom is 0.187 e. The van der Waals surface area contributed by atoms with Gasteiger partial charge in [0.1, 0.15) is 17.5 Å². The minimum Gasteiger partial charge on any atom is -0.485 e. The van der Waals surface area contributed by atoms with Crippen LogP contribution >= 0.6 is 0 Å². The number of ketones is 1. The van der Waals surface area contributed by atoms with E-state index in [-0.39, 0.29) is 18.3 Å². The van der Waals surface area contributed by atoms with Crippen LogP contribution in [0.25, 0.3) is 0 Å². The third-order valence-corrected chi connectivity index (χ3v) is 3.19. The molecule has 1 aliphatic heterocycles. The molecule has 0 spiro atoms. The zero-order chi connectivity index (χ0) is 14.7. The van der Waals surface area contributed by atoms with E-state index in [1.807, 2.05) is 31.2 Å². The molecule has 0 amide bonds. The van der Waals surface area contributed by atoms with E-state index in [0.717, 1.165) is 11.4 Å². The van der Waals surface area contributed by atoms with Crippen molar-refractivity contribution in [2.24, 2.45) is 0 Å². The van der Waals surface area contributed by atoms with Crippen molar-refractivity contribution in [3.05, 3.63) is 53.6 Å². The number of nitrogens with zero attached hydrogens (tertiary/aromatic N) is 2. The first kappa shape index (κ1) is 13.7. The zero-order valence-corrected chi connectivity index (χ0v) is 11.8. The summed E-state index contributed by atoms with van der Waals surface area (Å²) in [5.41, 5.74) is 1.91. The van der Waals surface area contributed by atoms with Gasteiger partial charge in [-0.05, 0) is 19.1 Å². The molecule has 2 aromatic rings. The molecule has 0 saturated carbocycles. The van der Waals surface area contributed by atoms with Crippen LogP contribution < -0.4 is 4.74 Å². The lowest BCUT2D eigenvalue weighted by atomic mass is 10.1. The van der Waals surface area contributed by atoms with E-state index >= 15 is 0 Å². The van der Waals surface area contributed by atoms with Crippen LogP contribution in [-0.2, 0) is 11.2 Å². The molecule has 0 radical (unpaired) electrons. The van der Waals surface area contributed by atoms with E-state index < -0.39 is 0 Å². The van der Waals surface area contributed by atoms with Gasteiger partial charge in [-0.25, -0.2) is 4.98 Å². The molecule has 3 heterocycles. The molecule has 5 nitrogen and oxygen atoms in total. The van der Waals surface area contributed by atoms with Crippen molar-refractivity contribution in [3.63, 3.8) is 0 Å². The van der Waals surface area contributed by atoms with Crippen LogP contribution in [-0.4, -0.2) is 35.1 Å². The second kappa shape index (κ2) is 6.01. The van der Waals surface area contributed by atoms with Crippen molar-refractivity contribution in [2.45, 2.75) is 19.4 Å². The van der Waals surface area contributed by atoms with Gasteiger partial charge in [0.2, 0.25) is 0 Å². The SMILES string of the molecule is Cc1cc(OC2COC2)cc(C(=O)Cc2ccccn2)n1. The molecule has 0 aliphatic carbocycles. The maximum absolute atomic E-state index is 12.3. The van der Waals surface area contributed by atoms with Gasteiger partial charge in [-0.1, -0.05) is 6.07 Å². The summed E-state index contributed by atoms with van der Waals surface area (Å²) in [6.45, 7) is 3.04. The number of ether oxygens (including phenoxy) is 2. The van der Waals surface area contributed by atoms with Gasteiger partial charge in [0.05, 0.1) is 19.6 Å². The molecule has 21 heavy (non-hydrogen) atoms. The Labute approximate surface area is 123 Å². The molecule has 3 rings (SSSR count). The number of Topliss-reactive ketones (excluding diaryl/α,β-unsaturated/α-hetero) is 1. The number of pyridine rings is 2. The molecular weight excluding hydrogens is 268 g/mol. The van der Waals surface area contributed by atoms with Crippen molar-refractivity contribution in [1.29, 1.82) is 0 Å². The molecular formula is C16H16N2O3. The predicted molar refractivity (Wildman–Crippen MR) is 76.5 cm³/mol. The van der Waals surface area contributed by atoms with Crippen molar-refractivity contribution >= 4 is 5.78 Å². The molecule has 108 valence electrons. The lowest BCUT2D eigenvalue weighted by Gasteiger charge is -2.26. The molecule has 1 fully saturated rings. The molecule has 2 aromatic heterocycles. The Bertz CT molecular complexity index is 639. The minimum absolute atomic E-state index is 0.0629. The van der Waals surface area contributed by atoms with E-state index in [1.54, 1.807) is 12.3 Å². The first-order valence-electron chi connectivity index (χ1n) is 6.87. The number of carbonyl (C=O) groups is 1. The molecule has 0 bridgehead atoms. The van der Waals surface area contributed by atoms with Gasteiger partial charge in [-0.2, -0.15) is 0 Å². The Balaban J connectivity index is 1.75. The third-order valence-electron chi connectivity index (χ3n) is 3.19. The van der Waals surface area contributed by atoms with Gasteiger partial charge in [0.15, 0.2) is 5.78 Å². The summed E-state index contributed by atoms with van der Waals surface area (Å²) in [5.74, 6) is 0.604. The smallest absolute Gasteiger partial charge is 0.187 e. The fourth-order valence-corrected chi connectivity index (χ4v) is 2.08. The topological polar surface area (TPSA) is 61.3 Å². The summed E-state index contributed by atoms with van der Waals surface area (Å²) in [5, 5.41) is 0. The monoisotopic (exact) mass is 284 g/mol. The molecule has 0 N–H and O–H groups in total. The lowest BCUT2D eigenvalue weighted by molar-refractivity contribution is -0.0797. The first-order valence-corrected chi connectivity index (χ1v) is 6.87. The lowest BCUT2D eigenvalue weighted by Crippen LogP contribution is -2.38. The van der Waals surface area contributed by atoms with Crippen LogP contribution in [0.4, 0.5) is 0 Å². The summed E-state index contributed by atoms with van der Waals surface area (Å²) in [6, 6.07) is 9.04. The average Bonchev–Trinajstić information content (AvgIpc) is 2.43. The van der Waals surface area contributed by atoms with Crippen molar-refractivity contribution in [1.82, 2.24) is 9.97 Å². The summed E-state index contributed by atoms with van der Waals surface area (Å²) < 4.78 is 10.8. The van der Waals surface area contributed by atoms with Crippen LogP contribution in [0.1, 0.15) is 21.9 Å². The molecule has 0 atom stereocenters. The zero-order valence-electron chi connectivity index (χ0n) is 11.8. The highest BCUT2D eigenvalue weighted by molar-refractivity contribution is 5.95. The molecule has 5 heteroatoms. The van der Waals surface area contributed by atoms with E-state index in [9.17, 15) is 4.79 Å². The number of carbonyl (C=O) groups excluding carboxylic acids is 1. The summed E-state index contributed by atoms with van der Waals surface area (Å²) in [6.07, 6.45) is 1.99. The fraction of sp³-hybridized carbons (Fsp3) is 0.312. The second-order valence-corrected chi connectivity index (χ2v) is 5.03. The van der Waals surface area contributed by atoms with Gasteiger partial charge in [-0.3, -0.25) is 9.78 Å². The summed E-state index contributed by atoms with van der Waals surface area (Å²) >= 11 is 0. The van der Waals surface area contributed by atoms with Crippen molar-refractivity contribution in [2.75, 3.05) is 13.2 Å². The van der Waals surface area contributed by atoms with Gasteiger partial charge in [0, 0.05) is 29.7 Å². The molecule has 1 aliphatic rings. The Morgan fingerprint density at radius 1 is 1.38 bits per heavy atom. The highest BCUT2D eigenvalue weighted by atomic mass is 16.6. The molecule has 1 saturated heterocycles. The van der Waals surface area contributed by atoms with Crippen molar-refractivity contribution < 1.29 is 14.3 Å². The first-order chi connectivity index (χ1) is 10.2. The Morgan fingerprint density at radius 2 is 2.24 bits per heavy atom. The molecule has 0 aromatic carbocycles. The predicted octanol–water partition coefficient (Wildman–Crippen LogP) is 1.99. The highest BCUT2D eigenvalue weighted by Gasteiger charge is 2.21. The fourth-order valence-electron chi connectivity index (χ4n) is 2.08. The molecule has 0 unspecified atom stereocenters. The van der Waals surface area contributed by atoms with Gasteiger partial charge >= 0.3 is 0 Å². The van der Waals surface area contributed by atoms with E-state index in [2.05, 4.69) is 9.97 Å². The van der Waals surface area contributed by atoms with E-state index in [4.69, 9.17) is 9.47 Å². The van der Waals surface area contributed by atoms with Gasteiger partial charge < -0.3 is 9.47 Å². The van der Waals surface area contributed by atoms with Crippen LogP contribution in [0.2, 0.25) is 0 Å². The number of rotatable bonds is 5. The van der Waals surface area contributed by atoms with Crippen LogP contribution in [0, 0.1) is 6.92 Å². The summed E-state index contributed by atoms with van der Waals surface area (Å²) in [7, 11) is 0. The van der Waals surface area contributed by atoms with Crippen molar-refractivity contribution in [3.8, 4) is 5.75 Å². The Morgan fingerprint density at radius 3 is 2.90 bits per heavy atom. The highest BCUT2D eigenvalue weighted by Crippen LogP contribution is 2.19. The summed E-state index contributed by atoms with van der Waals surface area (Å²) in [4.78, 5) is 20.8. The normalized spacial score (nSPS) is 14.5. The standard InChI is InChI=1S/C16H16N2O3/c1-11-6-13(21-14-9-20-10-14)8-15(18-11)16(19)7-12-4-2-3-5-17-12/h2-6,8,14H,7,9-10H2,1H3. The Kier molecular flexibility index (Phi) is 3.92. The second-order valence-electron chi connectivity index (χ2n) is 5.03. The van der Waals surface area contributed by atoms with E-state index in [1.165, 1.54) is 0 Å². The Hall–Kier alpha value is -2.27. The van der Waals surface area contributed by atoms with Crippen LogP contribution in [0.15, 0.2) is 36.5 Å². The van der Waals surface area contributed by atoms with Crippen LogP contribution in [0.3, 0.4) is 0 Å². The maximum atomic E-state index is 12.3. The van der Waals surface area contributed by atoms with Gasteiger partial charge in [-0.15, -0.1) is 0 Å². The largest absolute Gasteiger partial charge is 0.485 e.